The molecule has 5 heteroatoms. The van der Waals surface area contributed by atoms with Gasteiger partial charge in [-0.05, 0) is 79.9 Å². The number of aromatic nitrogens is 4. The van der Waals surface area contributed by atoms with Crippen molar-refractivity contribution < 1.29 is 0 Å². The zero-order valence-electron chi connectivity index (χ0n) is 30.2. The molecule has 2 aliphatic rings. The maximum absolute atomic E-state index is 5.25. The van der Waals surface area contributed by atoms with Gasteiger partial charge in [0.15, 0.2) is 17.5 Å². The molecule has 0 unspecified atom stereocenters. The minimum atomic E-state index is -0.625. The summed E-state index contributed by atoms with van der Waals surface area (Å²) in [6, 6.07) is 65.1. The van der Waals surface area contributed by atoms with Crippen LogP contribution in [0.2, 0.25) is 0 Å². The SMILES string of the molecule is c1ccc(-c2nc(-c3ccc(-c4cccnc4)cc3)nc(-c3ccc4c(c3)C3(c5ccccc5Sc5ccccc53)c3ccccc3-c3ccccc3-4)n2)cc1. The van der Waals surface area contributed by atoms with Gasteiger partial charge in [0, 0.05) is 38.9 Å². The van der Waals surface area contributed by atoms with E-state index in [9.17, 15) is 0 Å². The first-order valence-electron chi connectivity index (χ1n) is 18.8. The Morgan fingerprint density at radius 2 is 0.821 bits per heavy atom. The summed E-state index contributed by atoms with van der Waals surface area (Å²) in [7, 11) is 0. The lowest BCUT2D eigenvalue weighted by Gasteiger charge is -2.42. The molecule has 1 aliphatic carbocycles. The molecule has 0 atom stereocenters. The van der Waals surface area contributed by atoms with E-state index in [2.05, 4.69) is 163 Å². The highest BCUT2D eigenvalue weighted by molar-refractivity contribution is 7.99. The van der Waals surface area contributed by atoms with Crippen LogP contribution in [0.5, 0.6) is 0 Å². The van der Waals surface area contributed by atoms with Gasteiger partial charge >= 0.3 is 0 Å². The number of nitrogens with zero attached hydrogens (tertiary/aromatic N) is 4. The molecular formula is C51H32N4S. The van der Waals surface area contributed by atoms with Gasteiger partial charge in [0.25, 0.3) is 0 Å². The second kappa shape index (κ2) is 13.1. The molecule has 1 aliphatic heterocycles. The van der Waals surface area contributed by atoms with Crippen LogP contribution in [-0.4, -0.2) is 19.9 Å². The van der Waals surface area contributed by atoms with Crippen molar-refractivity contribution in [2.24, 2.45) is 0 Å². The fourth-order valence-electron chi connectivity index (χ4n) is 8.64. The molecule has 0 N–H and O–H groups in total. The molecule has 0 saturated heterocycles. The molecule has 2 aromatic heterocycles. The minimum Gasteiger partial charge on any atom is -0.264 e. The predicted molar refractivity (Wildman–Crippen MR) is 226 cm³/mol. The standard InChI is InChI=1S/C51H32N4S/c1-2-13-34(14-3-1)48-53-49(35-26-24-33(25-27-35)37-15-12-30-52-32-37)55-50(54-48)36-28-29-41-39-17-5-4-16-38(39)40-18-6-7-19-42(40)51(45(41)31-36)43-20-8-10-22-46(43)56-47-23-11-9-21-44(47)51/h1-32H. The van der Waals surface area contributed by atoms with Crippen molar-refractivity contribution in [2.75, 3.05) is 0 Å². The van der Waals surface area contributed by atoms with Crippen molar-refractivity contribution in [3.8, 4) is 67.5 Å². The Kier molecular flexibility index (Phi) is 7.61. The smallest absolute Gasteiger partial charge is 0.164 e. The van der Waals surface area contributed by atoms with E-state index in [-0.39, 0.29) is 0 Å². The maximum atomic E-state index is 5.25. The van der Waals surface area contributed by atoms with E-state index in [1.807, 2.05) is 42.2 Å². The molecule has 0 radical (unpaired) electrons. The zero-order valence-corrected chi connectivity index (χ0v) is 31.0. The molecule has 4 nitrogen and oxygen atoms in total. The van der Waals surface area contributed by atoms with Crippen LogP contribution < -0.4 is 0 Å². The molecule has 0 saturated carbocycles. The van der Waals surface area contributed by atoms with Crippen molar-refractivity contribution in [3.05, 3.63) is 217 Å². The lowest BCUT2D eigenvalue weighted by molar-refractivity contribution is 0.708. The Balaban J connectivity index is 1.19. The van der Waals surface area contributed by atoms with Crippen LogP contribution in [0, 0.1) is 0 Å². The summed E-state index contributed by atoms with van der Waals surface area (Å²) in [4.78, 5) is 22.4. The minimum absolute atomic E-state index is 0.622. The number of benzene rings is 7. The summed E-state index contributed by atoms with van der Waals surface area (Å²) in [5, 5.41) is 0. The van der Waals surface area contributed by atoms with E-state index in [1.54, 1.807) is 6.20 Å². The molecule has 3 heterocycles. The lowest BCUT2D eigenvalue weighted by Crippen LogP contribution is -2.34. The van der Waals surface area contributed by atoms with Crippen molar-refractivity contribution in [1.29, 1.82) is 0 Å². The van der Waals surface area contributed by atoms with Crippen LogP contribution in [0.25, 0.3) is 67.5 Å². The predicted octanol–water partition coefficient (Wildman–Crippen LogP) is 12.4. The molecule has 262 valence electrons. The number of rotatable bonds is 4. The second-order valence-electron chi connectivity index (χ2n) is 14.2. The Morgan fingerprint density at radius 1 is 0.339 bits per heavy atom. The van der Waals surface area contributed by atoms with E-state index in [4.69, 9.17) is 15.0 Å². The van der Waals surface area contributed by atoms with Crippen LogP contribution in [0.15, 0.2) is 204 Å². The summed E-state index contributed by atoms with van der Waals surface area (Å²) < 4.78 is 0. The fourth-order valence-corrected chi connectivity index (χ4v) is 9.83. The average Bonchev–Trinajstić information content (AvgIpc) is 3.38. The quantitative estimate of drug-likeness (QED) is 0.180. The Morgan fingerprint density at radius 3 is 1.46 bits per heavy atom. The number of hydrogen-bond acceptors (Lipinski definition) is 5. The Hall–Kier alpha value is -6.95. The third-order valence-electron chi connectivity index (χ3n) is 11.1. The largest absolute Gasteiger partial charge is 0.264 e. The third-order valence-corrected chi connectivity index (χ3v) is 12.3. The van der Waals surface area contributed by atoms with Gasteiger partial charge in [0.1, 0.15) is 0 Å². The highest BCUT2D eigenvalue weighted by Gasteiger charge is 2.48. The zero-order chi connectivity index (χ0) is 37.1. The van der Waals surface area contributed by atoms with Crippen LogP contribution in [0.3, 0.4) is 0 Å². The van der Waals surface area contributed by atoms with E-state index in [0.717, 1.165) is 27.8 Å². The second-order valence-corrected chi connectivity index (χ2v) is 15.3. The highest BCUT2D eigenvalue weighted by Crippen LogP contribution is 2.61. The monoisotopic (exact) mass is 732 g/mol. The Bertz CT molecular complexity index is 2900. The normalized spacial score (nSPS) is 13.1. The van der Waals surface area contributed by atoms with Gasteiger partial charge < -0.3 is 0 Å². The van der Waals surface area contributed by atoms with Crippen LogP contribution >= 0.6 is 11.8 Å². The van der Waals surface area contributed by atoms with E-state index >= 15 is 0 Å². The topological polar surface area (TPSA) is 51.6 Å². The molecule has 0 bridgehead atoms. The average molecular weight is 733 g/mol. The molecular weight excluding hydrogens is 701 g/mol. The summed E-state index contributed by atoms with van der Waals surface area (Å²) in [5.41, 5.74) is 14.2. The van der Waals surface area contributed by atoms with Crippen molar-refractivity contribution >= 4 is 11.8 Å². The number of pyridine rings is 1. The fraction of sp³-hybridized carbons (Fsp3) is 0.0196. The van der Waals surface area contributed by atoms with Gasteiger partial charge in [-0.15, -0.1) is 0 Å². The maximum Gasteiger partial charge on any atom is 0.164 e. The summed E-state index contributed by atoms with van der Waals surface area (Å²) in [6.45, 7) is 0. The summed E-state index contributed by atoms with van der Waals surface area (Å²) in [5.74, 6) is 1.88. The van der Waals surface area contributed by atoms with Crippen LogP contribution in [0.1, 0.15) is 22.3 Å². The Labute approximate surface area is 329 Å². The van der Waals surface area contributed by atoms with Gasteiger partial charge in [-0.25, -0.2) is 15.0 Å². The van der Waals surface area contributed by atoms with Crippen molar-refractivity contribution in [1.82, 2.24) is 19.9 Å². The summed E-state index contributed by atoms with van der Waals surface area (Å²) >= 11 is 1.85. The number of hydrogen-bond donors (Lipinski definition) is 0. The lowest BCUT2D eigenvalue weighted by atomic mass is 9.63. The summed E-state index contributed by atoms with van der Waals surface area (Å²) in [6.07, 6.45) is 3.68. The van der Waals surface area contributed by atoms with Crippen molar-refractivity contribution in [2.45, 2.75) is 15.2 Å². The molecule has 56 heavy (non-hydrogen) atoms. The third kappa shape index (κ3) is 5.09. The van der Waals surface area contributed by atoms with E-state index in [1.165, 1.54) is 54.3 Å². The first-order chi connectivity index (χ1) is 27.8. The molecule has 0 fully saturated rings. The van der Waals surface area contributed by atoms with Gasteiger partial charge in [0.2, 0.25) is 0 Å². The molecule has 0 amide bonds. The van der Waals surface area contributed by atoms with Gasteiger partial charge in [0.05, 0.1) is 5.41 Å². The van der Waals surface area contributed by atoms with Crippen molar-refractivity contribution in [3.63, 3.8) is 0 Å². The number of fused-ring (bicyclic) bond motifs is 11. The van der Waals surface area contributed by atoms with E-state index in [0.29, 0.717) is 17.5 Å². The first kappa shape index (κ1) is 32.5. The van der Waals surface area contributed by atoms with Gasteiger partial charge in [-0.2, -0.15) is 0 Å². The molecule has 1 spiro atoms. The first-order valence-corrected chi connectivity index (χ1v) is 19.6. The van der Waals surface area contributed by atoms with Crippen LogP contribution in [0.4, 0.5) is 0 Å². The molecule has 7 aromatic carbocycles. The van der Waals surface area contributed by atoms with Gasteiger partial charge in [-0.3, -0.25) is 4.98 Å². The van der Waals surface area contributed by atoms with Gasteiger partial charge in [-0.1, -0.05) is 169 Å². The molecule has 11 rings (SSSR count). The highest BCUT2D eigenvalue weighted by atomic mass is 32.2. The molecule has 9 aromatic rings. The van der Waals surface area contributed by atoms with E-state index < -0.39 is 5.41 Å². The van der Waals surface area contributed by atoms with Crippen LogP contribution in [-0.2, 0) is 5.41 Å².